The fourth-order valence-electron chi connectivity index (χ4n) is 2.10. The van der Waals surface area contributed by atoms with Gasteiger partial charge in [-0.3, -0.25) is 4.79 Å². The highest BCUT2D eigenvalue weighted by Crippen LogP contribution is 2.29. The van der Waals surface area contributed by atoms with Crippen molar-refractivity contribution >= 4 is 23.3 Å². The van der Waals surface area contributed by atoms with Gasteiger partial charge in [0.05, 0.1) is 5.92 Å². The van der Waals surface area contributed by atoms with Crippen LogP contribution in [0.3, 0.4) is 0 Å². The van der Waals surface area contributed by atoms with E-state index in [1.54, 1.807) is 25.3 Å². The van der Waals surface area contributed by atoms with Crippen molar-refractivity contribution in [2.24, 2.45) is 5.92 Å². The quantitative estimate of drug-likeness (QED) is 0.877. The van der Waals surface area contributed by atoms with Crippen LogP contribution < -0.4 is 0 Å². The molecule has 1 fully saturated rings. The van der Waals surface area contributed by atoms with Crippen LogP contribution in [0.2, 0.25) is 0 Å². The molecule has 6 heteroatoms. The van der Waals surface area contributed by atoms with Gasteiger partial charge in [-0.15, -0.1) is 0 Å². The minimum Gasteiger partial charge on any atom is -0.481 e. The lowest BCUT2D eigenvalue weighted by Crippen LogP contribution is -2.44. The maximum atomic E-state index is 12.5. The minimum atomic E-state index is -0.875. The van der Waals surface area contributed by atoms with Crippen molar-refractivity contribution in [3.05, 3.63) is 22.4 Å². The normalized spacial score (nSPS) is 15.7. The van der Waals surface area contributed by atoms with Gasteiger partial charge in [0.25, 0.3) is 0 Å². The lowest BCUT2D eigenvalue weighted by molar-refractivity contribution is -0.141. The van der Waals surface area contributed by atoms with E-state index in [9.17, 15) is 9.59 Å². The summed E-state index contributed by atoms with van der Waals surface area (Å²) in [4.78, 5) is 26.7. The molecule has 1 saturated carbocycles. The van der Waals surface area contributed by atoms with Crippen molar-refractivity contribution in [2.45, 2.75) is 32.4 Å². The third kappa shape index (κ3) is 3.72. The van der Waals surface area contributed by atoms with E-state index in [0.29, 0.717) is 12.6 Å². The highest BCUT2D eigenvalue weighted by atomic mass is 32.1. The minimum absolute atomic E-state index is 0.0770. The van der Waals surface area contributed by atoms with E-state index < -0.39 is 11.9 Å². The van der Waals surface area contributed by atoms with Gasteiger partial charge in [0.2, 0.25) is 0 Å². The van der Waals surface area contributed by atoms with Crippen LogP contribution in [0.1, 0.15) is 25.3 Å². The molecule has 1 aliphatic carbocycles. The molecule has 2 amide bonds. The Labute approximate surface area is 122 Å². The van der Waals surface area contributed by atoms with E-state index >= 15 is 0 Å². The molecule has 0 aromatic carbocycles. The van der Waals surface area contributed by atoms with Crippen molar-refractivity contribution in [1.82, 2.24) is 9.80 Å². The lowest BCUT2D eigenvalue weighted by atomic mass is 10.2. The number of hydrogen-bond acceptors (Lipinski definition) is 3. The molecule has 2 rings (SSSR count). The predicted octanol–water partition coefficient (Wildman–Crippen LogP) is 2.49. The summed E-state index contributed by atoms with van der Waals surface area (Å²) in [5.41, 5.74) is 1.13. The first-order chi connectivity index (χ1) is 9.49. The number of rotatable bonds is 6. The smallest absolute Gasteiger partial charge is 0.320 e. The van der Waals surface area contributed by atoms with Crippen molar-refractivity contribution < 1.29 is 14.7 Å². The SMILES string of the molecule is CC(CN(C)C(=O)N(Cc1ccsc1)C1CC1)C(=O)O. The Morgan fingerprint density at radius 2 is 2.20 bits per heavy atom. The van der Waals surface area contributed by atoms with Crippen molar-refractivity contribution in [2.75, 3.05) is 13.6 Å². The van der Waals surface area contributed by atoms with Crippen LogP contribution >= 0.6 is 11.3 Å². The molecule has 1 N–H and O–H groups in total. The van der Waals surface area contributed by atoms with Gasteiger partial charge < -0.3 is 14.9 Å². The number of nitrogens with zero attached hydrogens (tertiary/aromatic N) is 2. The van der Waals surface area contributed by atoms with Gasteiger partial charge >= 0.3 is 12.0 Å². The van der Waals surface area contributed by atoms with Crippen LogP contribution in [0.5, 0.6) is 0 Å². The predicted molar refractivity (Wildman–Crippen MR) is 77.7 cm³/mol. The number of hydrogen-bond donors (Lipinski definition) is 1. The lowest BCUT2D eigenvalue weighted by Gasteiger charge is -2.29. The fraction of sp³-hybridized carbons (Fsp3) is 0.571. The molecule has 1 aromatic heterocycles. The molecular formula is C14H20N2O3S. The summed E-state index contributed by atoms with van der Waals surface area (Å²) < 4.78 is 0. The van der Waals surface area contributed by atoms with Gasteiger partial charge in [-0.05, 0) is 35.2 Å². The van der Waals surface area contributed by atoms with Crippen molar-refractivity contribution in [1.29, 1.82) is 0 Å². The highest BCUT2D eigenvalue weighted by Gasteiger charge is 2.34. The first-order valence-electron chi connectivity index (χ1n) is 6.74. The zero-order chi connectivity index (χ0) is 14.7. The second kappa shape index (κ2) is 6.26. The second-order valence-electron chi connectivity index (χ2n) is 5.39. The summed E-state index contributed by atoms with van der Waals surface area (Å²) >= 11 is 1.62. The molecule has 1 aliphatic rings. The molecule has 0 spiro atoms. The van der Waals surface area contributed by atoms with E-state index in [2.05, 4.69) is 0 Å². The number of amides is 2. The highest BCUT2D eigenvalue weighted by molar-refractivity contribution is 7.07. The number of carbonyl (C=O) groups excluding carboxylic acids is 1. The summed E-state index contributed by atoms with van der Waals surface area (Å²) in [6.45, 7) is 2.46. The van der Waals surface area contributed by atoms with Crippen LogP contribution in [0.25, 0.3) is 0 Å². The molecule has 0 bridgehead atoms. The van der Waals surface area contributed by atoms with Crippen molar-refractivity contribution in [3.63, 3.8) is 0 Å². The number of urea groups is 1. The van der Waals surface area contributed by atoms with E-state index in [4.69, 9.17) is 5.11 Å². The maximum absolute atomic E-state index is 12.5. The summed E-state index contributed by atoms with van der Waals surface area (Å²) in [6.07, 6.45) is 2.08. The summed E-state index contributed by atoms with van der Waals surface area (Å²) in [5.74, 6) is -1.42. The third-order valence-electron chi connectivity index (χ3n) is 3.46. The van der Waals surface area contributed by atoms with Gasteiger partial charge in [0.1, 0.15) is 0 Å². The molecule has 110 valence electrons. The first kappa shape index (κ1) is 14.8. The number of thiophene rings is 1. The third-order valence-corrected chi connectivity index (χ3v) is 4.19. The van der Waals surface area contributed by atoms with Crippen molar-refractivity contribution in [3.8, 4) is 0 Å². The molecule has 5 nitrogen and oxygen atoms in total. The summed E-state index contributed by atoms with van der Waals surface area (Å²) in [6, 6.07) is 2.25. The molecule has 0 aliphatic heterocycles. The molecule has 20 heavy (non-hydrogen) atoms. The topological polar surface area (TPSA) is 60.9 Å². The zero-order valence-electron chi connectivity index (χ0n) is 11.8. The van der Waals surface area contributed by atoms with Gasteiger partial charge in [-0.2, -0.15) is 11.3 Å². The van der Waals surface area contributed by atoms with E-state index in [-0.39, 0.29) is 12.6 Å². The van der Waals surface area contributed by atoms with Gasteiger partial charge in [0.15, 0.2) is 0 Å². The Kier molecular flexibility index (Phi) is 4.65. The Balaban J connectivity index is 1.98. The average Bonchev–Trinajstić information content (AvgIpc) is 3.12. The monoisotopic (exact) mass is 296 g/mol. The fourth-order valence-corrected chi connectivity index (χ4v) is 2.76. The number of carboxylic acid groups (broad SMARTS) is 1. The average molecular weight is 296 g/mol. The Morgan fingerprint density at radius 1 is 1.50 bits per heavy atom. The molecule has 1 aromatic rings. The van der Waals surface area contributed by atoms with Crippen LogP contribution in [-0.4, -0.2) is 46.5 Å². The van der Waals surface area contributed by atoms with Gasteiger partial charge in [0, 0.05) is 26.2 Å². The molecule has 0 saturated heterocycles. The summed E-state index contributed by atoms with van der Waals surface area (Å²) in [5, 5.41) is 13.0. The van der Waals surface area contributed by atoms with Crippen LogP contribution in [-0.2, 0) is 11.3 Å². The van der Waals surface area contributed by atoms with E-state index in [0.717, 1.165) is 18.4 Å². The zero-order valence-corrected chi connectivity index (χ0v) is 12.6. The molecule has 1 unspecified atom stereocenters. The Hall–Kier alpha value is -1.56. The largest absolute Gasteiger partial charge is 0.481 e. The summed E-state index contributed by atoms with van der Waals surface area (Å²) in [7, 11) is 1.67. The van der Waals surface area contributed by atoms with Crippen LogP contribution in [0.4, 0.5) is 4.79 Å². The van der Waals surface area contributed by atoms with Crippen LogP contribution in [0.15, 0.2) is 16.8 Å². The Bertz CT molecular complexity index is 471. The standard InChI is InChI=1S/C14H20N2O3S/c1-10(13(17)18)7-15(2)14(19)16(12-3-4-12)8-11-5-6-20-9-11/h5-6,9-10,12H,3-4,7-8H2,1-2H3,(H,17,18). The van der Waals surface area contributed by atoms with E-state index in [1.807, 2.05) is 21.7 Å². The number of carbonyl (C=O) groups is 2. The maximum Gasteiger partial charge on any atom is 0.320 e. The molecule has 1 heterocycles. The molecule has 1 atom stereocenters. The Morgan fingerprint density at radius 3 is 2.70 bits per heavy atom. The van der Waals surface area contributed by atoms with E-state index in [1.165, 1.54) is 4.90 Å². The van der Waals surface area contributed by atoms with Gasteiger partial charge in [-0.25, -0.2) is 4.79 Å². The first-order valence-corrected chi connectivity index (χ1v) is 7.69. The second-order valence-corrected chi connectivity index (χ2v) is 6.17. The van der Waals surface area contributed by atoms with Crippen LogP contribution in [0, 0.1) is 5.92 Å². The molecular weight excluding hydrogens is 276 g/mol. The number of aliphatic carboxylic acids is 1. The number of carboxylic acids is 1. The molecule has 0 radical (unpaired) electrons. The van der Waals surface area contributed by atoms with Gasteiger partial charge in [-0.1, -0.05) is 6.92 Å².